The number of nitrogens with one attached hydrogen (secondary N) is 1. The van der Waals surface area contributed by atoms with Crippen LogP contribution in [0.15, 0.2) is 48.5 Å². The zero-order chi connectivity index (χ0) is 16.1. The van der Waals surface area contributed by atoms with Gasteiger partial charge in [-0.2, -0.15) is 0 Å². The molecule has 0 aliphatic heterocycles. The van der Waals surface area contributed by atoms with E-state index in [0.717, 1.165) is 26.5 Å². The molecule has 0 aliphatic carbocycles. The molecule has 0 saturated heterocycles. The van der Waals surface area contributed by atoms with Crippen molar-refractivity contribution < 1.29 is 9.53 Å². The number of anilines is 1. The molecule has 3 rings (SSSR count). The van der Waals surface area contributed by atoms with Gasteiger partial charge in [-0.25, -0.2) is 4.98 Å². The average molecular weight is 326 g/mol. The van der Waals surface area contributed by atoms with Crippen molar-refractivity contribution in [3.05, 3.63) is 59.1 Å². The Labute approximate surface area is 139 Å². The second-order valence-corrected chi connectivity index (χ2v) is 6.37. The van der Waals surface area contributed by atoms with Gasteiger partial charge in [-0.1, -0.05) is 24.3 Å². The molecule has 0 spiro atoms. The maximum Gasteiger partial charge on any atom is 0.224 e. The Morgan fingerprint density at radius 1 is 1.22 bits per heavy atom. The molecule has 0 radical (unpaired) electrons. The Morgan fingerprint density at radius 3 is 2.91 bits per heavy atom. The van der Waals surface area contributed by atoms with Crippen molar-refractivity contribution in [2.45, 2.75) is 19.4 Å². The van der Waals surface area contributed by atoms with Gasteiger partial charge in [0, 0.05) is 25.6 Å². The molecule has 1 heterocycles. The van der Waals surface area contributed by atoms with E-state index in [2.05, 4.69) is 16.4 Å². The summed E-state index contributed by atoms with van der Waals surface area (Å²) in [6, 6.07) is 15.7. The van der Waals surface area contributed by atoms with Crippen LogP contribution in [-0.4, -0.2) is 18.0 Å². The van der Waals surface area contributed by atoms with Crippen LogP contribution in [0.2, 0.25) is 0 Å². The molecule has 1 amide bonds. The monoisotopic (exact) mass is 326 g/mol. The van der Waals surface area contributed by atoms with Crippen molar-refractivity contribution in [1.29, 1.82) is 0 Å². The normalized spacial score (nSPS) is 10.8. The Balaban J connectivity index is 1.58. The van der Waals surface area contributed by atoms with Crippen LogP contribution in [0, 0.1) is 0 Å². The number of thiazole rings is 1. The minimum Gasteiger partial charge on any atom is -0.380 e. The zero-order valence-electron chi connectivity index (χ0n) is 12.9. The number of hydrogen-bond acceptors (Lipinski definition) is 4. The fourth-order valence-corrected chi connectivity index (χ4v) is 3.34. The molecule has 2 aromatic carbocycles. The molecule has 1 aromatic heterocycles. The van der Waals surface area contributed by atoms with Crippen molar-refractivity contribution in [2.75, 3.05) is 12.4 Å². The molecule has 0 aliphatic rings. The summed E-state index contributed by atoms with van der Waals surface area (Å²) >= 11 is 1.65. The van der Waals surface area contributed by atoms with Gasteiger partial charge >= 0.3 is 0 Å². The minimum absolute atomic E-state index is 0.00109. The average Bonchev–Trinajstić information content (AvgIpc) is 2.96. The van der Waals surface area contributed by atoms with Crippen LogP contribution in [0.25, 0.3) is 10.2 Å². The summed E-state index contributed by atoms with van der Waals surface area (Å²) in [6.07, 6.45) is 1.08. The lowest BCUT2D eigenvalue weighted by atomic mass is 10.2. The number of nitrogens with zero attached hydrogens (tertiary/aromatic N) is 1. The van der Waals surface area contributed by atoms with Crippen LogP contribution in [0.1, 0.15) is 17.0 Å². The van der Waals surface area contributed by atoms with E-state index in [0.29, 0.717) is 19.4 Å². The first-order valence-electron chi connectivity index (χ1n) is 7.47. The third-order valence-corrected chi connectivity index (χ3v) is 4.52. The number of aryl methyl sites for hydroxylation is 1. The fourth-order valence-electron chi connectivity index (χ4n) is 2.38. The second-order valence-electron chi connectivity index (χ2n) is 5.26. The van der Waals surface area contributed by atoms with Crippen LogP contribution in [0.4, 0.5) is 5.69 Å². The predicted molar refractivity (Wildman–Crippen MR) is 93.7 cm³/mol. The van der Waals surface area contributed by atoms with Crippen molar-refractivity contribution in [3.8, 4) is 0 Å². The van der Waals surface area contributed by atoms with Gasteiger partial charge in [0.25, 0.3) is 0 Å². The summed E-state index contributed by atoms with van der Waals surface area (Å²) in [5, 5.41) is 3.92. The SMILES string of the molecule is COCc1cccc(NC(=O)CCc2nc3ccccc3s2)c1. The molecule has 0 fully saturated rings. The van der Waals surface area contributed by atoms with Crippen LogP contribution in [0.5, 0.6) is 0 Å². The Morgan fingerprint density at radius 2 is 2.09 bits per heavy atom. The van der Waals surface area contributed by atoms with Crippen molar-refractivity contribution in [2.24, 2.45) is 0 Å². The molecule has 23 heavy (non-hydrogen) atoms. The summed E-state index contributed by atoms with van der Waals surface area (Å²) in [5.41, 5.74) is 2.84. The highest BCUT2D eigenvalue weighted by molar-refractivity contribution is 7.18. The highest BCUT2D eigenvalue weighted by Gasteiger charge is 2.07. The number of rotatable bonds is 6. The summed E-state index contributed by atoms with van der Waals surface area (Å²) in [5.74, 6) is -0.00109. The first-order valence-corrected chi connectivity index (χ1v) is 8.28. The largest absolute Gasteiger partial charge is 0.380 e. The van der Waals surface area contributed by atoms with Crippen LogP contribution >= 0.6 is 11.3 Å². The number of methoxy groups -OCH3 is 1. The van der Waals surface area contributed by atoms with Gasteiger partial charge in [0.1, 0.15) is 0 Å². The number of carbonyl (C=O) groups excluding carboxylic acids is 1. The number of benzene rings is 2. The molecule has 0 atom stereocenters. The molecule has 0 bridgehead atoms. The van der Waals surface area contributed by atoms with E-state index in [9.17, 15) is 4.79 Å². The molecule has 4 nitrogen and oxygen atoms in total. The quantitative estimate of drug-likeness (QED) is 0.744. The smallest absolute Gasteiger partial charge is 0.224 e. The Kier molecular flexibility index (Phi) is 5.00. The number of aromatic nitrogens is 1. The number of fused-ring (bicyclic) bond motifs is 1. The topological polar surface area (TPSA) is 51.2 Å². The number of hydrogen-bond donors (Lipinski definition) is 1. The van der Waals surface area contributed by atoms with Gasteiger partial charge in [0.2, 0.25) is 5.91 Å². The first-order chi connectivity index (χ1) is 11.2. The van der Waals surface area contributed by atoms with Gasteiger partial charge in [0.15, 0.2) is 0 Å². The maximum absolute atomic E-state index is 12.1. The van der Waals surface area contributed by atoms with Crippen LogP contribution in [0.3, 0.4) is 0 Å². The molecule has 5 heteroatoms. The molecule has 0 unspecified atom stereocenters. The Hall–Kier alpha value is -2.24. The van der Waals surface area contributed by atoms with E-state index in [4.69, 9.17) is 4.74 Å². The highest BCUT2D eigenvalue weighted by Crippen LogP contribution is 2.22. The summed E-state index contributed by atoms with van der Waals surface area (Å²) in [6.45, 7) is 0.537. The van der Waals surface area contributed by atoms with Gasteiger partial charge in [-0.3, -0.25) is 4.79 Å². The van der Waals surface area contributed by atoms with Crippen LogP contribution < -0.4 is 5.32 Å². The third kappa shape index (κ3) is 4.15. The lowest BCUT2D eigenvalue weighted by Gasteiger charge is -2.06. The first kappa shape index (κ1) is 15.6. The molecule has 3 aromatic rings. The maximum atomic E-state index is 12.1. The zero-order valence-corrected chi connectivity index (χ0v) is 13.7. The molecular weight excluding hydrogens is 308 g/mol. The summed E-state index contributed by atoms with van der Waals surface area (Å²) in [7, 11) is 1.66. The standard InChI is InChI=1S/C18H18N2O2S/c1-22-12-13-5-4-6-14(11-13)19-17(21)9-10-18-20-15-7-2-3-8-16(15)23-18/h2-8,11H,9-10,12H2,1H3,(H,19,21). The Bertz CT molecular complexity index is 780. The van der Waals surface area contributed by atoms with E-state index >= 15 is 0 Å². The summed E-state index contributed by atoms with van der Waals surface area (Å²) in [4.78, 5) is 16.7. The summed E-state index contributed by atoms with van der Waals surface area (Å²) < 4.78 is 6.26. The molecular formula is C18H18N2O2S. The minimum atomic E-state index is -0.00109. The third-order valence-electron chi connectivity index (χ3n) is 3.43. The van der Waals surface area contributed by atoms with E-state index in [1.54, 1.807) is 18.4 Å². The van der Waals surface area contributed by atoms with Crippen molar-refractivity contribution in [3.63, 3.8) is 0 Å². The number of amides is 1. The second kappa shape index (κ2) is 7.35. The predicted octanol–water partition coefficient (Wildman–Crippen LogP) is 4.01. The van der Waals surface area contributed by atoms with Crippen molar-refractivity contribution >= 4 is 33.1 Å². The molecule has 0 saturated carbocycles. The lowest BCUT2D eigenvalue weighted by molar-refractivity contribution is -0.116. The van der Waals surface area contributed by atoms with E-state index < -0.39 is 0 Å². The van der Waals surface area contributed by atoms with Gasteiger partial charge in [-0.15, -0.1) is 11.3 Å². The number of carbonyl (C=O) groups is 1. The van der Waals surface area contributed by atoms with E-state index in [1.165, 1.54) is 0 Å². The molecule has 1 N–H and O–H groups in total. The molecule has 118 valence electrons. The van der Waals surface area contributed by atoms with Crippen molar-refractivity contribution in [1.82, 2.24) is 4.98 Å². The van der Waals surface area contributed by atoms with E-state index in [-0.39, 0.29) is 5.91 Å². The lowest BCUT2D eigenvalue weighted by Crippen LogP contribution is -2.12. The number of para-hydroxylation sites is 1. The highest BCUT2D eigenvalue weighted by atomic mass is 32.1. The van der Waals surface area contributed by atoms with Gasteiger partial charge < -0.3 is 10.1 Å². The number of ether oxygens (including phenoxy) is 1. The van der Waals surface area contributed by atoms with Crippen LogP contribution in [-0.2, 0) is 22.6 Å². The van der Waals surface area contributed by atoms with Gasteiger partial charge in [-0.05, 0) is 29.8 Å². The van der Waals surface area contributed by atoms with Gasteiger partial charge in [0.05, 0.1) is 21.8 Å². The van der Waals surface area contributed by atoms with E-state index in [1.807, 2.05) is 42.5 Å². The fraction of sp³-hybridized carbons (Fsp3) is 0.222.